The largest absolute Gasteiger partial charge is 0.349 e. The third-order valence-corrected chi connectivity index (χ3v) is 5.48. The Kier molecular flexibility index (Phi) is 5.89. The molecule has 0 saturated carbocycles. The Hall–Kier alpha value is -0.300. The molecule has 0 fully saturated rings. The topological polar surface area (TPSA) is 63.2 Å². The van der Waals surface area contributed by atoms with Crippen LogP contribution in [0, 0.1) is 5.92 Å². The molecule has 20 heavy (non-hydrogen) atoms. The van der Waals surface area contributed by atoms with E-state index in [4.69, 9.17) is 22.3 Å². The van der Waals surface area contributed by atoms with Crippen molar-refractivity contribution in [3.8, 4) is 0 Å². The van der Waals surface area contributed by atoms with E-state index in [-0.39, 0.29) is 31.9 Å². The van der Waals surface area contributed by atoms with E-state index in [1.165, 1.54) is 6.07 Å². The first-order chi connectivity index (χ1) is 9.04. The van der Waals surface area contributed by atoms with E-state index in [1.807, 2.05) is 20.8 Å². The predicted octanol–water partition coefficient (Wildman–Crippen LogP) is 3.80. The molecule has 0 spiro atoms. The quantitative estimate of drug-likeness (QED) is 0.779. The Labute approximate surface area is 136 Å². The van der Waals surface area contributed by atoms with E-state index in [0.717, 1.165) is 6.07 Å². The number of amides is 1. The second-order valence-electron chi connectivity index (χ2n) is 4.71. The van der Waals surface area contributed by atoms with Crippen LogP contribution < -0.4 is 5.32 Å². The molecule has 4 nitrogen and oxygen atoms in total. The summed E-state index contributed by atoms with van der Waals surface area (Å²) < 4.78 is 23.1. The van der Waals surface area contributed by atoms with Crippen molar-refractivity contribution in [1.29, 1.82) is 0 Å². The van der Waals surface area contributed by atoms with Gasteiger partial charge in [-0.25, -0.2) is 8.42 Å². The monoisotopic (exact) mass is 401 g/mol. The standard InChI is InChI=1S/C12H14BrCl2NO3S/c1-6(2)7(3)16-12(17)8-4-11(20(15,18)19)9(13)5-10(8)14/h4-7H,1-3H3,(H,16,17). The highest BCUT2D eigenvalue weighted by molar-refractivity contribution is 9.10. The maximum Gasteiger partial charge on any atom is 0.262 e. The number of rotatable bonds is 4. The molecule has 0 saturated heterocycles. The van der Waals surface area contributed by atoms with Crippen molar-refractivity contribution in [3.05, 3.63) is 27.2 Å². The number of nitrogens with one attached hydrogen (secondary N) is 1. The molecule has 1 atom stereocenters. The van der Waals surface area contributed by atoms with Gasteiger partial charge in [-0.1, -0.05) is 25.4 Å². The summed E-state index contributed by atoms with van der Waals surface area (Å²) >= 11 is 9.04. The Morgan fingerprint density at radius 2 is 1.85 bits per heavy atom. The van der Waals surface area contributed by atoms with Crippen LogP contribution in [0.1, 0.15) is 31.1 Å². The minimum absolute atomic E-state index is 0.0709. The van der Waals surface area contributed by atoms with E-state index in [9.17, 15) is 13.2 Å². The molecule has 1 amide bonds. The Balaban J connectivity index is 3.22. The molecule has 0 aromatic heterocycles. The lowest BCUT2D eigenvalue weighted by Crippen LogP contribution is -2.36. The zero-order chi connectivity index (χ0) is 15.7. The van der Waals surface area contributed by atoms with E-state index < -0.39 is 15.0 Å². The van der Waals surface area contributed by atoms with Gasteiger partial charge in [0.2, 0.25) is 0 Å². The number of halogens is 3. The molecule has 0 aliphatic carbocycles. The minimum atomic E-state index is -3.96. The van der Waals surface area contributed by atoms with Gasteiger partial charge in [0.15, 0.2) is 0 Å². The van der Waals surface area contributed by atoms with Crippen molar-refractivity contribution in [2.45, 2.75) is 31.7 Å². The number of hydrogen-bond donors (Lipinski definition) is 1. The molecular formula is C12H14BrCl2NO3S. The molecule has 112 valence electrons. The summed E-state index contributed by atoms with van der Waals surface area (Å²) in [6.45, 7) is 5.78. The highest BCUT2D eigenvalue weighted by Crippen LogP contribution is 2.31. The van der Waals surface area contributed by atoms with E-state index in [2.05, 4.69) is 21.2 Å². The summed E-state index contributed by atoms with van der Waals surface area (Å²) in [5, 5.41) is 2.91. The normalized spacial score (nSPS) is 13.3. The molecule has 8 heteroatoms. The lowest BCUT2D eigenvalue weighted by molar-refractivity contribution is 0.0930. The number of benzene rings is 1. The molecule has 0 aliphatic rings. The van der Waals surface area contributed by atoms with Gasteiger partial charge in [-0.3, -0.25) is 4.79 Å². The summed E-state index contributed by atoms with van der Waals surface area (Å²) in [4.78, 5) is 11.9. The first kappa shape index (κ1) is 17.8. The SMILES string of the molecule is CC(C)C(C)NC(=O)c1cc(S(=O)(=O)Cl)c(Br)cc1Cl. The fourth-order valence-electron chi connectivity index (χ4n) is 1.34. The van der Waals surface area contributed by atoms with Crippen molar-refractivity contribution in [2.75, 3.05) is 0 Å². The maximum atomic E-state index is 12.1. The highest BCUT2D eigenvalue weighted by atomic mass is 79.9. The van der Waals surface area contributed by atoms with Crippen molar-refractivity contribution < 1.29 is 13.2 Å². The zero-order valence-electron chi connectivity index (χ0n) is 11.1. The first-order valence-corrected chi connectivity index (χ1v) is 9.26. The minimum Gasteiger partial charge on any atom is -0.349 e. The molecule has 1 rings (SSSR count). The Morgan fingerprint density at radius 1 is 1.30 bits per heavy atom. The van der Waals surface area contributed by atoms with Crippen LogP contribution in [0.5, 0.6) is 0 Å². The van der Waals surface area contributed by atoms with Gasteiger partial charge in [0.25, 0.3) is 15.0 Å². The zero-order valence-corrected chi connectivity index (χ0v) is 15.0. The molecular weight excluding hydrogens is 389 g/mol. The summed E-state index contributed by atoms with van der Waals surface area (Å²) in [5.74, 6) is -0.199. The maximum absolute atomic E-state index is 12.1. The lowest BCUT2D eigenvalue weighted by Gasteiger charge is -2.18. The van der Waals surface area contributed by atoms with Crippen LogP contribution in [0.25, 0.3) is 0 Å². The third-order valence-electron chi connectivity index (χ3n) is 2.89. The van der Waals surface area contributed by atoms with Crippen molar-refractivity contribution >= 4 is 53.2 Å². The Morgan fingerprint density at radius 3 is 2.30 bits per heavy atom. The molecule has 0 heterocycles. The second-order valence-corrected chi connectivity index (χ2v) is 8.50. The molecule has 0 radical (unpaired) electrons. The van der Waals surface area contributed by atoms with Crippen molar-refractivity contribution in [1.82, 2.24) is 5.32 Å². The Bertz CT molecular complexity index is 632. The number of hydrogen-bond acceptors (Lipinski definition) is 3. The van der Waals surface area contributed by atoms with Gasteiger partial charge in [-0.15, -0.1) is 0 Å². The van der Waals surface area contributed by atoms with Crippen LogP contribution in [0.4, 0.5) is 0 Å². The predicted molar refractivity (Wildman–Crippen MR) is 84.0 cm³/mol. The number of carbonyl (C=O) groups excluding carboxylic acids is 1. The van der Waals surface area contributed by atoms with E-state index in [1.54, 1.807) is 0 Å². The van der Waals surface area contributed by atoms with Gasteiger partial charge >= 0.3 is 0 Å². The summed E-state index contributed by atoms with van der Waals surface area (Å²) in [6, 6.07) is 2.43. The molecule has 1 unspecified atom stereocenters. The third kappa shape index (κ3) is 4.35. The molecule has 1 aromatic rings. The van der Waals surface area contributed by atoms with Crippen LogP contribution in [-0.2, 0) is 9.05 Å². The van der Waals surface area contributed by atoms with Crippen LogP contribution in [0.2, 0.25) is 5.02 Å². The molecule has 0 bridgehead atoms. The molecule has 1 aromatic carbocycles. The van der Waals surface area contributed by atoms with Gasteiger partial charge in [-0.05, 0) is 40.9 Å². The molecule has 0 aliphatic heterocycles. The van der Waals surface area contributed by atoms with Crippen molar-refractivity contribution in [2.24, 2.45) is 5.92 Å². The summed E-state index contributed by atoms with van der Waals surface area (Å²) in [5.41, 5.74) is 0.0709. The highest BCUT2D eigenvalue weighted by Gasteiger charge is 2.21. The van der Waals surface area contributed by atoms with Gasteiger partial charge in [0, 0.05) is 21.2 Å². The van der Waals surface area contributed by atoms with Crippen LogP contribution in [0.3, 0.4) is 0 Å². The van der Waals surface area contributed by atoms with Crippen LogP contribution in [-0.4, -0.2) is 20.4 Å². The second kappa shape index (κ2) is 6.64. The molecule has 1 N–H and O–H groups in total. The van der Waals surface area contributed by atoms with Crippen molar-refractivity contribution in [3.63, 3.8) is 0 Å². The van der Waals surface area contributed by atoms with E-state index >= 15 is 0 Å². The average Bonchev–Trinajstić information content (AvgIpc) is 2.26. The average molecular weight is 403 g/mol. The van der Waals surface area contributed by atoms with Gasteiger partial charge in [0.05, 0.1) is 15.5 Å². The first-order valence-electron chi connectivity index (χ1n) is 5.78. The number of carbonyl (C=O) groups is 1. The van der Waals surface area contributed by atoms with Crippen LogP contribution >= 0.6 is 38.2 Å². The van der Waals surface area contributed by atoms with E-state index in [0.29, 0.717) is 0 Å². The van der Waals surface area contributed by atoms with Gasteiger partial charge in [-0.2, -0.15) is 0 Å². The summed E-state index contributed by atoms with van der Waals surface area (Å²) in [6.07, 6.45) is 0. The van der Waals surface area contributed by atoms with Crippen LogP contribution in [0.15, 0.2) is 21.5 Å². The fourth-order valence-corrected chi connectivity index (χ4v) is 3.92. The van der Waals surface area contributed by atoms with Gasteiger partial charge < -0.3 is 5.32 Å². The smallest absolute Gasteiger partial charge is 0.262 e. The summed E-state index contributed by atoms with van der Waals surface area (Å²) in [7, 11) is 1.35. The lowest BCUT2D eigenvalue weighted by atomic mass is 10.1. The van der Waals surface area contributed by atoms with Gasteiger partial charge in [0.1, 0.15) is 0 Å². The fraction of sp³-hybridized carbons (Fsp3) is 0.417.